The summed E-state index contributed by atoms with van der Waals surface area (Å²) in [6, 6.07) is 10.6. The Balaban J connectivity index is 2.68. The van der Waals surface area contributed by atoms with Crippen molar-refractivity contribution in [1.29, 1.82) is 0 Å². The van der Waals surface area contributed by atoms with Gasteiger partial charge in [-0.05, 0) is 42.1 Å². The van der Waals surface area contributed by atoms with Crippen molar-refractivity contribution in [2.24, 2.45) is 10.8 Å². The van der Waals surface area contributed by atoms with Crippen LogP contribution in [0.15, 0.2) is 30.3 Å². The molecule has 1 atom stereocenters. The predicted molar refractivity (Wildman–Crippen MR) is 91.5 cm³/mol. The largest absolute Gasteiger partial charge is 0.300 e. The van der Waals surface area contributed by atoms with E-state index in [0.29, 0.717) is 17.6 Å². The van der Waals surface area contributed by atoms with E-state index < -0.39 is 0 Å². The summed E-state index contributed by atoms with van der Waals surface area (Å²) in [5.41, 5.74) is 1.85. The van der Waals surface area contributed by atoms with E-state index in [4.69, 9.17) is 0 Å². The maximum Gasteiger partial charge on any atom is 0.133 e. The Morgan fingerprint density at radius 2 is 1.57 bits per heavy atom. The van der Waals surface area contributed by atoms with Gasteiger partial charge in [-0.15, -0.1) is 0 Å². The van der Waals surface area contributed by atoms with Crippen LogP contribution in [0.5, 0.6) is 0 Å². The average molecular weight is 288 g/mol. The number of Topliss-reactive ketones (excluding diaryl/α,β-unsaturated/α-hetero) is 1. The quantitative estimate of drug-likeness (QED) is 0.589. The van der Waals surface area contributed by atoms with Crippen molar-refractivity contribution in [2.75, 3.05) is 0 Å². The fraction of sp³-hybridized carbons (Fsp3) is 0.650. The lowest BCUT2D eigenvalue weighted by molar-refractivity contribution is -0.121. The molecule has 0 amide bonds. The van der Waals surface area contributed by atoms with Gasteiger partial charge in [0.05, 0.1) is 0 Å². The maximum absolute atomic E-state index is 12.0. The number of hydrogen-bond donors (Lipinski definition) is 0. The van der Waals surface area contributed by atoms with Gasteiger partial charge in [0.2, 0.25) is 0 Å². The average Bonchev–Trinajstić information content (AvgIpc) is 2.44. The van der Waals surface area contributed by atoms with Crippen molar-refractivity contribution in [3.8, 4) is 0 Å². The number of carbonyl (C=O) groups is 1. The van der Waals surface area contributed by atoms with E-state index in [1.54, 1.807) is 0 Å². The Bertz CT molecular complexity index is 427. The molecule has 1 rings (SSSR count). The minimum Gasteiger partial charge on any atom is -0.300 e. The van der Waals surface area contributed by atoms with E-state index in [1.165, 1.54) is 12.0 Å². The van der Waals surface area contributed by atoms with Crippen LogP contribution in [0, 0.1) is 10.8 Å². The Labute approximate surface area is 131 Å². The van der Waals surface area contributed by atoms with Gasteiger partial charge in [-0.25, -0.2) is 0 Å². The first-order chi connectivity index (χ1) is 9.74. The van der Waals surface area contributed by atoms with Gasteiger partial charge in [0.1, 0.15) is 5.78 Å². The van der Waals surface area contributed by atoms with Gasteiger partial charge in [-0.2, -0.15) is 0 Å². The highest BCUT2D eigenvalue weighted by Gasteiger charge is 2.28. The molecule has 1 nitrogen and oxygen atoms in total. The van der Waals surface area contributed by atoms with Gasteiger partial charge < -0.3 is 0 Å². The van der Waals surface area contributed by atoms with Gasteiger partial charge in [0.25, 0.3) is 0 Å². The van der Waals surface area contributed by atoms with Gasteiger partial charge >= 0.3 is 0 Å². The number of carbonyl (C=O) groups excluding carboxylic acids is 1. The number of rotatable bonds is 8. The molecular formula is C20H32O. The zero-order chi connectivity index (χ0) is 15.9. The molecule has 118 valence electrons. The van der Waals surface area contributed by atoms with E-state index in [-0.39, 0.29) is 5.41 Å². The summed E-state index contributed by atoms with van der Waals surface area (Å²) in [5, 5.41) is 0. The molecule has 21 heavy (non-hydrogen) atoms. The summed E-state index contributed by atoms with van der Waals surface area (Å²) >= 11 is 0. The SMILES string of the molecule is CCC(=O)C[C@](C)(CCc1ccccc1)CCC(C)(C)C. The number of aryl methyl sites for hydroxylation is 1. The second kappa shape index (κ2) is 7.77. The standard InChI is InChI=1S/C20H32O/c1-6-18(21)16-20(5,15-14-19(2,3)4)13-12-17-10-8-7-9-11-17/h7-11H,6,12-16H2,1-5H3/t20-/m1/s1. The molecule has 0 aliphatic rings. The molecule has 0 saturated heterocycles. The number of benzene rings is 1. The van der Waals surface area contributed by atoms with Crippen LogP contribution in [-0.2, 0) is 11.2 Å². The molecule has 0 fully saturated rings. The van der Waals surface area contributed by atoms with Crippen LogP contribution in [0.3, 0.4) is 0 Å². The van der Waals surface area contributed by atoms with Crippen molar-refractivity contribution in [1.82, 2.24) is 0 Å². The second-order valence-corrected chi connectivity index (χ2v) is 7.93. The highest BCUT2D eigenvalue weighted by atomic mass is 16.1. The predicted octanol–water partition coefficient (Wildman–Crippen LogP) is 5.82. The molecule has 0 bridgehead atoms. The monoisotopic (exact) mass is 288 g/mol. The van der Waals surface area contributed by atoms with Gasteiger partial charge in [0, 0.05) is 12.8 Å². The van der Waals surface area contributed by atoms with Gasteiger partial charge in [-0.1, -0.05) is 65.0 Å². The lowest BCUT2D eigenvalue weighted by Gasteiger charge is -2.32. The topological polar surface area (TPSA) is 17.1 Å². The molecule has 0 aliphatic carbocycles. The summed E-state index contributed by atoms with van der Waals surface area (Å²) in [7, 11) is 0. The first-order valence-electron chi connectivity index (χ1n) is 8.30. The molecule has 0 radical (unpaired) electrons. The fourth-order valence-electron chi connectivity index (χ4n) is 2.67. The number of hydrogen-bond acceptors (Lipinski definition) is 1. The first-order valence-corrected chi connectivity index (χ1v) is 8.30. The maximum atomic E-state index is 12.0. The van der Waals surface area contributed by atoms with E-state index in [2.05, 4.69) is 58.0 Å². The normalized spacial score (nSPS) is 14.7. The third-order valence-electron chi connectivity index (χ3n) is 4.36. The van der Waals surface area contributed by atoms with E-state index in [0.717, 1.165) is 25.7 Å². The second-order valence-electron chi connectivity index (χ2n) is 7.93. The summed E-state index contributed by atoms with van der Waals surface area (Å²) in [5.74, 6) is 0.402. The van der Waals surface area contributed by atoms with Crippen LogP contribution in [0.2, 0.25) is 0 Å². The van der Waals surface area contributed by atoms with Crippen LogP contribution in [0.4, 0.5) is 0 Å². The third kappa shape index (κ3) is 7.45. The Morgan fingerprint density at radius 3 is 2.10 bits per heavy atom. The fourth-order valence-corrected chi connectivity index (χ4v) is 2.67. The zero-order valence-electron chi connectivity index (χ0n) is 14.5. The van der Waals surface area contributed by atoms with Gasteiger partial charge in [-0.3, -0.25) is 4.79 Å². The Morgan fingerprint density at radius 1 is 0.952 bits per heavy atom. The Kier molecular flexibility index (Phi) is 6.64. The molecule has 1 aromatic carbocycles. The van der Waals surface area contributed by atoms with E-state index in [9.17, 15) is 4.79 Å². The van der Waals surface area contributed by atoms with E-state index in [1.807, 2.05) is 6.92 Å². The number of ketones is 1. The molecule has 0 spiro atoms. The Hall–Kier alpha value is -1.11. The first kappa shape index (κ1) is 17.9. The summed E-state index contributed by atoms with van der Waals surface area (Å²) in [6.07, 6.45) is 5.87. The van der Waals surface area contributed by atoms with Crippen LogP contribution < -0.4 is 0 Å². The summed E-state index contributed by atoms with van der Waals surface area (Å²) in [6.45, 7) is 11.1. The smallest absolute Gasteiger partial charge is 0.133 e. The van der Waals surface area contributed by atoms with E-state index >= 15 is 0 Å². The highest BCUT2D eigenvalue weighted by Crippen LogP contribution is 2.37. The van der Waals surface area contributed by atoms with Crippen molar-refractivity contribution >= 4 is 5.78 Å². The van der Waals surface area contributed by atoms with Crippen molar-refractivity contribution in [3.05, 3.63) is 35.9 Å². The molecule has 0 unspecified atom stereocenters. The molecular weight excluding hydrogens is 256 g/mol. The molecule has 0 aromatic heterocycles. The highest BCUT2D eigenvalue weighted by molar-refractivity contribution is 5.78. The van der Waals surface area contributed by atoms with Crippen LogP contribution in [0.25, 0.3) is 0 Å². The van der Waals surface area contributed by atoms with Crippen LogP contribution in [-0.4, -0.2) is 5.78 Å². The van der Waals surface area contributed by atoms with Gasteiger partial charge in [0.15, 0.2) is 0 Å². The minimum atomic E-state index is 0.135. The minimum absolute atomic E-state index is 0.135. The van der Waals surface area contributed by atoms with Crippen molar-refractivity contribution < 1.29 is 4.79 Å². The van der Waals surface area contributed by atoms with Crippen molar-refractivity contribution in [2.45, 2.75) is 73.1 Å². The lowest BCUT2D eigenvalue weighted by Crippen LogP contribution is -2.24. The van der Waals surface area contributed by atoms with Crippen molar-refractivity contribution in [3.63, 3.8) is 0 Å². The molecule has 0 N–H and O–H groups in total. The lowest BCUT2D eigenvalue weighted by atomic mass is 9.72. The third-order valence-corrected chi connectivity index (χ3v) is 4.36. The molecule has 0 saturated carbocycles. The molecule has 0 heterocycles. The molecule has 1 heteroatoms. The summed E-state index contributed by atoms with van der Waals surface area (Å²) < 4.78 is 0. The molecule has 0 aliphatic heterocycles. The van der Waals surface area contributed by atoms with Crippen LogP contribution in [0.1, 0.15) is 72.3 Å². The zero-order valence-corrected chi connectivity index (χ0v) is 14.5. The van der Waals surface area contributed by atoms with Crippen LogP contribution >= 0.6 is 0 Å². The molecule has 1 aromatic rings. The summed E-state index contributed by atoms with van der Waals surface area (Å²) in [4.78, 5) is 12.0.